The van der Waals surface area contributed by atoms with Crippen molar-refractivity contribution in [1.29, 1.82) is 0 Å². The minimum atomic E-state index is -0.493. The van der Waals surface area contributed by atoms with Crippen molar-refractivity contribution in [3.05, 3.63) is 59.9 Å². The molecule has 2 aromatic carbocycles. The van der Waals surface area contributed by atoms with E-state index in [9.17, 15) is 9.59 Å². The predicted octanol–water partition coefficient (Wildman–Crippen LogP) is 2.76. The van der Waals surface area contributed by atoms with Crippen molar-refractivity contribution in [1.82, 2.24) is 5.43 Å². The third kappa shape index (κ3) is 4.47. The molecular formula is C20H18N2O6. The summed E-state index contributed by atoms with van der Waals surface area (Å²) in [5, 5.41) is 4.67. The van der Waals surface area contributed by atoms with Gasteiger partial charge in [-0.05, 0) is 29.8 Å². The average Bonchev–Trinajstić information content (AvgIpc) is 3.16. The summed E-state index contributed by atoms with van der Waals surface area (Å²) in [6.07, 6.45) is 1.45. The van der Waals surface area contributed by atoms with Gasteiger partial charge in [0.1, 0.15) is 5.75 Å². The molecule has 1 heterocycles. The fraction of sp³-hybridized carbons (Fsp3) is 0.150. The summed E-state index contributed by atoms with van der Waals surface area (Å²) in [4.78, 5) is 23.4. The fourth-order valence-electron chi connectivity index (χ4n) is 2.42. The SMILES string of the molecule is COC(=O)COc1cccc(/C=N\NC(=O)c2cc3cccc(OC)c3o2)c1. The van der Waals surface area contributed by atoms with Crippen LogP contribution >= 0.6 is 0 Å². The molecule has 0 saturated heterocycles. The molecule has 0 aliphatic carbocycles. The Morgan fingerprint density at radius 1 is 1.14 bits per heavy atom. The highest BCUT2D eigenvalue weighted by molar-refractivity contribution is 5.97. The van der Waals surface area contributed by atoms with E-state index < -0.39 is 11.9 Å². The van der Waals surface area contributed by atoms with Gasteiger partial charge in [-0.15, -0.1) is 0 Å². The molecule has 0 saturated carbocycles. The molecule has 1 amide bonds. The quantitative estimate of drug-likeness (QED) is 0.383. The van der Waals surface area contributed by atoms with E-state index in [0.717, 1.165) is 5.39 Å². The molecule has 28 heavy (non-hydrogen) atoms. The van der Waals surface area contributed by atoms with Crippen molar-refractivity contribution in [2.75, 3.05) is 20.8 Å². The van der Waals surface area contributed by atoms with Crippen LogP contribution < -0.4 is 14.9 Å². The number of benzene rings is 2. The van der Waals surface area contributed by atoms with E-state index in [0.29, 0.717) is 22.6 Å². The third-order valence-corrected chi connectivity index (χ3v) is 3.77. The summed E-state index contributed by atoms with van der Waals surface area (Å²) in [5.74, 6) is 0.169. The standard InChI is InChI=1S/C20H18N2O6/c1-25-16-8-4-6-14-10-17(28-19(14)16)20(24)22-21-11-13-5-3-7-15(9-13)27-12-18(23)26-2/h3-11H,12H2,1-2H3,(H,22,24)/b21-11-. The van der Waals surface area contributed by atoms with Crippen molar-refractivity contribution in [2.45, 2.75) is 0 Å². The smallest absolute Gasteiger partial charge is 0.343 e. The molecule has 0 bridgehead atoms. The van der Waals surface area contributed by atoms with Gasteiger partial charge in [0.15, 0.2) is 23.7 Å². The van der Waals surface area contributed by atoms with Gasteiger partial charge in [0.25, 0.3) is 0 Å². The van der Waals surface area contributed by atoms with Gasteiger partial charge in [-0.3, -0.25) is 4.79 Å². The number of fused-ring (bicyclic) bond motifs is 1. The van der Waals surface area contributed by atoms with Crippen molar-refractivity contribution in [3.63, 3.8) is 0 Å². The summed E-state index contributed by atoms with van der Waals surface area (Å²) in [6, 6.07) is 13.9. The first-order chi connectivity index (χ1) is 13.6. The molecular weight excluding hydrogens is 364 g/mol. The van der Waals surface area contributed by atoms with E-state index in [2.05, 4.69) is 15.3 Å². The summed E-state index contributed by atoms with van der Waals surface area (Å²) >= 11 is 0. The number of carbonyl (C=O) groups excluding carboxylic acids is 2. The number of amides is 1. The van der Waals surface area contributed by atoms with Gasteiger partial charge >= 0.3 is 11.9 Å². The van der Waals surface area contributed by atoms with E-state index in [1.165, 1.54) is 20.4 Å². The molecule has 0 radical (unpaired) electrons. The van der Waals surface area contributed by atoms with Gasteiger partial charge < -0.3 is 18.6 Å². The first kappa shape index (κ1) is 19.0. The molecule has 0 unspecified atom stereocenters. The highest BCUT2D eigenvalue weighted by atomic mass is 16.6. The number of hydrogen-bond acceptors (Lipinski definition) is 7. The number of para-hydroxylation sites is 1. The van der Waals surface area contributed by atoms with E-state index in [1.807, 2.05) is 12.1 Å². The van der Waals surface area contributed by atoms with Gasteiger partial charge in [0.2, 0.25) is 0 Å². The highest BCUT2D eigenvalue weighted by Gasteiger charge is 2.14. The zero-order valence-corrected chi connectivity index (χ0v) is 15.3. The Morgan fingerprint density at radius 3 is 2.75 bits per heavy atom. The van der Waals surface area contributed by atoms with Gasteiger partial charge in [-0.2, -0.15) is 5.10 Å². The Balaban J connectivity index is 1.64. The van der Waals surface area contributed by atoms with Crippen LogP contribution in [0.25, 0.3) is 11.0 Å². The lowest BCUT2D eigenvalue weighted by Gasteiger charge is -2.05. The average molecular weight is 382 g/mol. The molecule has 8 nitrogen and oxygen atoms in total. The van der Waals surface area contributed by atoms with E-state index in [-0.39, 0.29) is 12.4 Å². The molecule has 0 fully saturated rings. The molecule has 0 atom stereocenters. The molecule has 0 spiro atoms. The van der Waals surface area contributed by atoms with E-state index in [1.54, 1.807) is 36.4 Å². The van der Waals surface area contributed by atoms with Crippen LogP contribution in [-0.2, 0) is 9.53 Å². The number of nitrogens with one attached hydrogen (secondary N) is 1. The van der Waals surface area contributed by atoms with Crippen LogP contribution in [0.3, 0.4) is 0 Å². The minimum Gasteiger partial charge on any atom is -0.493 e. The Bertz CT molecular complexity index is 1020. The number of furan rings is 1. The molecule has 3 rings (SSSR count). The molecule has 1 aromatic heterocycles. The summed E-state index contributed by atoms with van der Waals surface area (Å²) in [7, 11) is 2.82. The van der Waals surface area contributed by atoms with Crippen molar-refractivity contribution in [3.8, 4) is 11.5 Å². The molecule has 144 valence electrons. The summed E-state index contributed by atoms with van der Waals surface area (Å²) in [5.41, 5.74) is 3.58. The van der Waals surface area contributed by atoms with Crippen LogP contribution in [0.2, 0.25) is 0 Å². The normalized spacial score (nSPS) is 10.8. The Morgan fingerprint density at radius 2 is 1.96 bits per heavy atom. The van der Waals surface area contributed by atoms with Gasteiger partial charge in [0.05, 0.1) is 20.4 Å². The number of hydrogen-bond donors (Lipinski definition) is 1. The number of ether oxygens (including phenoxy) is 3. The van der Waals surface area contributed by atoms with Crippen LogP contribution in [-0.4, -0.2) is 38.9 Å². The molecule has 8 heteroatoms. The fourth-order valence-corrected chi connectivity index (χ4v) is 2.42. The molecule has 0 aliphatic rings. The number of hydrazone groups is 1. The number of methoxy groups -OCH3 is 2. The maximum atomic E-state index is 12.2. The topological polar surface area (TPSA) is 99.4 Å². The second kappa shape index (κ2) is 8.72. The molecule has 3 aromatic rings. The maximum absolute atomic E-state index is 12.2. The second-order valence-electron chi connectivity index (χ2n) is 5.63. The van der Waals surface area contributed by atoms with Crippen LogP contribution in [0.1, 0.15) is 16.1 Å². The minimum absolute atomic E-state index is 0.117. The van der Waals surface area contributed by atoms with E-state index in [4.69, 9.17) is 13.9 Å². The van der Waals surface area contributed by atoms with Gasteiger partial charge in [-0.25, -0.2) is 10.2 Å². The molecule has 0 aliphatic heterocycles. The first-order valence-electron chi connectivity index (χ1n) is 8.30. The highest BCUT2D eigenvalue weighted by Crippen LogP contribution is 2.28. The predicted molar refractivity (Wildman–Crippen MR) is 102 cm³/mol. The lowest BCUT2D eigenvalue weighted by molar-refractivity contribution is -0.142. The Labute approximate surface area is 160 Å². The lowest BCUT2D eigenvalue weighted by atomic mass is 10.2. The van der Waals surface area contributed by atoms with Crippen LogP contribution in [0.5, 0.6) is 11.5 Å². The van der Waals surface area contributed by atoms with Crippen LogP contribution in [0.15, 0.2) is 58.0 Å². The Kier molecular flexibility index (Phi) is 5.91. The zero-order chi connectivity index (χ0) is 19.9. The zero-order valence-electron chi connectivity index (χ0n) is 15.3. The third-order valence-electron chi connectivity index (χ3n) is 3.77. The van der Waals surface area contributed by atoms with Crippen LogP contribution in [0, 0.1) is 0 Å². The van der Waals surface area contributed by atoms with Crippen LogP contribution in [0.4, 0.5) is 0 Å². The van der Waals surface area contributed by atoms with Crippen molar-refractivity contribution < 1.29 is 28.2 Å². The summed E-state index contributed by atoms with van der Waals surface area (Å²) < 4.78 is 20.6. The van der Waals surface area contributed by atoms with Gasteiger partial charge in [0, 0.05) is 5.39 Å². The largest absolute Gasteiger partial charge is 0.493 e. The second-order valence-corrected chi connectivity index (χ2v) is 5.63. The number of nitrogens with zero attached hydrogens (tertiary/aromatic N) is 1. The number of rotatable bonds is 7. The number of carbonyl (C=O) groups is 2. The maximum Gasteiger partial charge on any atom is 0.343 e. The summed E-state index contributed by atoms with van der Waals surface area (Å²) in [6.45, 7) is -0.191. The van der Waals surface area contributed by atoms with E-state index >= 15 is 0 Å². The number of esters is 1. The lowest BCUT2D eigenvalue weighted by Crippen LogP contribution is -2.16. The monoisotopic (exact) mass is 382 g/mol. The van der Waals surface area contributed by atoms with Crippen molar-refractivity contribution >= 4 is 29.1 Å². The van der Waals surface area contributed by atoms with Gasteiger partial charge in [-0.1, -0.05) is 24.3 Å². The van der Waals surface area contributed by atoms with Crippen molar-refractivity contribution in [2.24, 2.45) is 5.10 Å². The molecule has 1 N–H and O–H groups in total. The Hall–Kier alpha value is -3.81. The first-order valence-corrected chi connectivity index (χ1v) is 8.30.